The zero-order chi connectivity index (χ0) is 19.8. The van der Waals surface area contributed by atoms with Crippen LogP contribution in [-0.2, 0) is 21.4 Å². The van der Waals surface area contributed by atoms with E-state index < -0.39 is 34.5 Å². The van der Waals surface area contributed by atoms with Crippen molar-refractivity contribution in [2.45, 2.75) is 26.3 Å². The summed E-state index contributed by atoms with van der Waals surface area (Å²) in [5.41, 5.74) is 6.35. The van der Waals surface area contributed by atoms with Crippen molar-refractivity contribution in [3.05, 3.63) is 54.2 Å². The topological polar surface area (TPSA) is 104 Å². The molecule has 0 radical (unpaired) electrons. The van der Waals surface area contributed by atoms with E-state index in [-0.39, 0.29) is 11.5 Å². The fraction of sp³-hybridized carbons (Fsp3) is 0.222. The molecule has 0 saturated carbocycles. The molecule has 2 aromatic heterocycles. The number of nitrogens with two attached hydrogens (primary N) is 1. The first-order chi connectivity index (χ1) is 12.6. The van der Waals surface area contributed by atoms with E-state index in [0.29, 0.717) is 16.7 Å². The van der Waals surface area contributed by atoms with Crippen LogP contribution in [-0.4, -0.2) is 41.8 Å². The number of benzene rings is 1. The van der Waals surface area contributed by atoms with Gasteiger partial charge in [-0.1, -0.05) is 0 Å². The summed E-state index contributed by atoms with van der Waals surface area (Å²) in [7, 11) is -3.89. The summed E-state index contributed by atoms with van der Waals surface area (Å²) in [5, 5.41) is 0. The van der Waals surface area contributed by atoms with Crippen LogP contribution in [0, 0.1) is 0 Å². The van der Waals surface area contributed by atoms with Gasteiger partial charge < -0.3 is 0 Å². The second-order valence-electron chi connectivity index (χ2n) is 7.18. The Morgan fingerprint density at radius 3 is 2.41 bits per heavy atom. The van der Waals surface area contributed by atoms with Crippen LogP contribution < -0.4 is 9.44 Å². The summed E-state index contributed by atoms with van der Waals surface area (Å²) >= 11 is -2.44. The van der Waals surface area contributed by atoms with Crippen molar-refractivity contribution in [3.8, 4) is 0 Å². The molecule has 0 saturated heterocycles. The zero-order valence-electron chi connectivity index (χ0n) is 15.3. The molecule has 0 aliphatic heterocycles. The minimum absolute atomic E-state index is 0.141. The van der Waals surface area contributed by atoms with E-state index in [0.717, 1.165) is 3.71 Å². The molecule has 0 unspecified atom stereocenters. The summed E-state index contributed by atoms with van der Waals surface area (Å²) in [4.78, 5) is 22.6. The van der Waals surface area contributed by atoms with Crippen LogP contribution in [0.1, 0.15) is 5.69 Å². The average molecular weight is 494 g/mol. The molecule has 0 spiro atoms. The van der Waals surface area contributed by atoms with Gasteiger partial charge in [0.25, 0.3) is 0 Å². The maximum atomic E-state index is 13.2. The Balaban J connectivity index is 2.25. The van der Waals surface area contributed by atoms with Crippen molar-refractivity contribution in [2.24, 2.45) is 5.73 Å². The summed E-state index contributed by atoms with van der Waals surface area (Å²) < 4.78 is 33.5. The number of hydrogen-bond acceptors (Lipinski definition) is 5. The predicted molar refractivity (Wildman–Crippen MR) is 106 cm³/mol. The Morgan fingerprint density at radius 1 is 1.15 bits per heavy atom. The standard InChI is InChI=1S/C15H12N3O4S.3CH3.Sn/c16-15(19)22-10-11-9-13-14(7-4-8-17-13)18(11)23(20,21)12-5-2-1-3-6-12;;;;/h1-7,9H,10H2,(H2,16,19);3*1H3;. The fourth-order valence-electron chi connectivity index (χ4n) is 2.76. The van der Waals surface area contributed by atoms with Gasteiger partial charge >= 0.3 is 162 Å². The van der Waals surface area contributed by atoms with Gasteiger partial charge in [-0.2, -0.15) is 0 Å². The quantitative estimate of drug-likeness (QED) is 0.549. The SMILES string of the molecule is [CH3][Sn]([CH3])([CH3])[c]1ccc2c(cc(COC(N)=O)n2S(=O)(=O)c2ccccc2)n1. The molecule has 0 aliphatic carbocycles. The Hall–Kier alpha value is -2.07. The number of ether oxygens (including phenoxy) is 1. The van der Waals surface area contributed by atoms with Crippen LogP contribution in [0.5, 0.6) is 0 Å². The van der Waals surface area contributed by atoms with Gasteiger partial charge in [-0.3, -0.25) is 0 Å². The number of primary amides is 1. The van der Waals surface area contributed by atoms with Crippen LogP contribution in [0.25, 0.3) is 11.0 Å². The third-order valence-corrected chi connectivity index (χ3v) is 11.1. The Kier molecular flexibility index (Phi) is 5.22. The van der Waals surface area contributed by atoms with E-state index in [4.69, 9.17) is 15.5 Å². The van der Waals surface area contributed by atoms with Crippen molar-refractivity contribution in [2.75, 3.05) is 0 Å². The van der Waals surface area contributed by atoms with Crippen LogP contribution in [0.2, 0.25) is 14.8 Å². The van der Waals surface area contributed by atoms with Gasteiger partial charge in [0, 0.05) is 0 Å². The van der Waals surface area contributed by atoms with Crippen molar-refractivity contribution >= 4 is 49.2 Å². The molecule has 0 fully saturated rings. The van der Waals surface area contributed by atoms with E-state index >= 15 is 0 Å². The zero-order valence-corrected chi connectivity index (χ0v) is 19.0. The molecular formula is C18H21N3O4SSn. The molecule has 3 aromatic rings. The first-order valence-corrected chi connectivity index (χ1v) is 19.8. The average Bonchev–Trinajstić information content (AvgIpc) is 2.98. The number of rotatable bonds is 5. The Morgan fingerprint density at radius 2 is 1.81 bits per heavy atom. The molecule has 2 heterocycles. The molecule has 0 atom stereocenters. The molecular weight excluding hydrogens is 473 g/mol. The van der Waals surface area contributed by atoms with Gasteiger partial charge in [0.1, 0.15) is 0 Å². The number of nitrogens with zero attached hydrogens (tertiary/aromatic N) is 2. The third-order valence-electron chi connectivity index (χ3n) is 4.10. The van der Waals surface area contributed by atoms with Crippen LogP contribution in [0.3, 0.4) is 0 Å². The molecule has 142 valence electrons. The Bertz CT molecular complexity index is 1100. The number of pyridine rings is 1. The first kappa shape index (κ1) is 19.7. The molecule has 1 amide bonds. The van der Waals surface area contributed by atoms with Crippen LogP contribution in [0.4, 0.5) is 4.79 Å². The summed E-state index contributed by atoms with van der Waals surface area (Å²) in [6.45, 7) is -0.258. The van der Waals surface area contributed by atoms with Crippen molar-refractivity contribution < 1.29 is 17.9 Å². The molecule has 0 aliphatic rings. The molecule has 3 rings (SSSR count). The Labute approximate surface area is 162 Å². The van der Waals surface area contributed by atoms with Crippen molar-refractivity contribution in [1.82, 2.24) is 8.96 Å². The van der Waals surface area contributed by atoms with Gasteiger partial charge in [-0.05, 0) is 0 Å². The molecule has 27 heavy (non-hydrogen) atoms. The van der Waals surface area contributed by atoms with Crippen LogP contribution in [0.15, 0.2) is 53.4 Å². The van der Waals surface area contributed by atoms with Crippen molar-refractivity contribution in [3.63, 3.8) is 0 Å². The normalized spacial score (nSPS) is 12.3. The predicted octanol–water partition coefficient (Wildman–Crippen LogP) is 2.41. The summed E-state index contributed by atoms with van der Waals surface area (Å²) in [6.07, 6.45) is -0.969. The molecule has 0 bridgehead atoms. The number of hydrogen-bond donors (Lipinski definition) is 1. The number of amides is 1. The van der Waals surface area contributed by atoms with Gasteiger partial charge in [-0.25, -0.2) is 0 Å². The van der Waals surface area contributed by atoms with E-state index in [9.17, 15) is 13.2 Å². The van der Waals surface area contributed by atoms with Gasteiger partial charge in [-0.15, -0.1) is 0 Å². The van der Waals surface area contributed by atoms with E-state index in [1.54, 1.807) is 30.3 Å². The molecule has 2 N–H and O–H groups in total. The summed E-state index contributed by atoms with van der Waals surface area (Å²) in [6, 6.07) is 13.4. The monoisotopic (exact) mass is 495 g/mol. The van der Waals surface area contributed by atoms with E-state index in [1.165, 1.54) is 16.1 Å². The number of carbonyl (C=O) groups excluding carboxylic acids is 1. The van der Waals surface area contributed by atoms with E-state index in [2.05, 4.69) is 14.8 Å². The van der Waals surface area contributed by atoms with Gasteiger partial charge in [0.2, 0.25) is 0 Å². The molecule has 9 heteroatoms. The van der Waals surface area contributed by atoms with Crippen molar-refractivity contribution in [1.29, 1.82) is 0 Å². The van der Waals surface area contributed by atoms with Gasteiger partial charge in [0.15, 0.2) is 0 Å². The number of carbonyl (C=O) groups is 1. The fourth-order valence-corrected chi connectivity index (χ4v) is 7.27. The molecule has 1 aromatic carbocycles. The molecule has 7 nitrogen and oxygen atoms in total. The number of fused-ring (bicyclic) bond motifs is 1. The third kappa shape index (κ3) is 3.96. The van der Waals surface area contributed by atoms with Gasteiger partial charge in [0.05, 0.1) is 0 Å². The maximum absolute atomic E-state index is 13.2. The van der Waals surface area contributed by atoms with E-state index in [1.807, 2.05) is 6.07 Å². The second kappa shape index (κ2) is 7.16. The first-order valence-electron chi connectivity index (χ1n) is 8.35. The van der Waals surface area contributed by atoms with Crippen LogP contribution >= 0.6 is 0 Å². The second-order valence-corrected chi connectivity index (χ2v) is 23.3. The minimum atomic E-state index is -3.89. The summed E-state index contributed by atoms with van der Waals surface area (Å²) in [5.74, 6) is 0. The number of aromatic nitrogens is 2.